The fourth-order valence-electron chi connectivity index (χ4n) is 5.22. The number of nitrogens with one attached hydrogen (secondary N) is 3. The summed E-state index contributed by atoms with van der Waals surface area (Å²) in [7, 11) is 0. The summed E-state index contributed by atoms with van der Waals surface area (Å²) in [5.41, 5.74) is 2.94. The number of nitrogens with zero attached hydrogens (tertiary/aromatic N) is 5. The van der Waals surface area contributed by atoms with Gasteiger partial charge in [-0.3, -0.25) is 23.9 Å². The fourth-order valence-corrected chi connectivity index (χ4v) is 6.24. The molecule has 4 heterocycles. The van der Waals surface area contributed by atoms with Crippen molar-refractivity contribution >= 4 is 35.0 Å². The lowest BCUT2D eigenvalue weighted by Crippen LogP contribution is -2.45. The monoisotopic (exact) mass is 646 g/mol. The molecular weight excluding hydrogens is 608 g/mol. The largest absolute Gasteiger partial charge is 0.446 e. The molecule has 0 spiro atoms. The number of oxazole rings is 1. The van der Waals surface area contributed by atoms with E-state index in [1.807, 2.05) is 64.1 Å². The van der Waals surface area contributed by atoms with Crippen molar-refractivity contribution in [3.8, 4) is 0 Å². The predicted molar refractivity (Wildman–Crippen MR) is 170 cm³/mol. The molecule has 1 aliphatic rings. The van der Waals surface area contributed by atoms with Crippen LogP contribution in [0.1, 0.15) is 81.2 Å². The van der Waals surface area contributed by atoms with Gasteiger partial charge in [-0.15, -0.1) is 11.3 Å². The lowest BCUT2D eigenvalue weighted by molar-refractivity contribution is -0.136. The molecule has 0 aliphatic carbocycles. The second-order valence-corrected chi connectivity index (χ2v) is 12.5. The Kier molecular flexibility index (Phi) is 10.3. The van der Waals surface area contributed by atoms with Crippen molar-refractivity contribution < 1.29 is 23.6 Å². The number of hydrogen-bond acceptors (Lipinski definition) is 9. The maximum atomic E-state index is 13.4. The molecule has 2 atom stereocenters. The van der Waals surface area contributed by atoms with E-state index in [2.05, 4.69) is 31.0 Å². The molecule has 0 fully saturated rings. The van der Waals surface area contributed by atoms with Crippen LogP contribution in [0.25, 0.3) is 0 Å². The first kappa shape index (κ1) is 32.5. The summed E-state index contributed by atoms with van der Waals surface area (Å²) in [5, 5.41) is 15.4. The normalized spacial score (nSPS) is 18.0. The Bertz CT molecular complexity index is 1690. The second kappa shape index (κ2) is 14.5. The summed E-state index contributed by atoms with van der Waals surface area (Å²) in [6.07, 6.45) is 1.73. The second-order valence-electron chi connectivity index (χ2n) is 11.6. The van der Waals surface area contributed by atoms with Crippen molar-refractivity contribution in [2.24, 2.45) is 5.92 Å². The molecule has 13 nitrogen and oxygen atoms in total. The average molecular weight is 647 g/mol. The molecule has 4 amide bonds. The van der Waals surface area contributed by atoms with E-state index < -0.39 is 23.9 Å². The molecule has 242 valence electrons. The van der Waals surface area contributed by atoms with Crippen molar-refractivity contribution in [3.63, 3.8) is 0 Å². The SMILES string of the molecule is Cc1cc(C)n(CCC(=O)N2CCNC(=O)c3coc(n3)[C@H](Cc3ccccc3)NC(=O)c3csc(n3)[C@H](C(C)C)NC(=O)C2)n1. The van der Waals surface area contributed by atoms with Crippen LogP contribution in [0.4, 0.5) is 0 Å². The summed E-state index contributed by atoms with van der Waals surface area (Å²) in [5.74, 6) is -1.47. The summed E-state index contributed by atoms with van der Waals surface area (Å²) < 4.78 is 7.46. The van der Waals surface area contributed by atoms with E-state index in [-0.39, 0.29) is 61.1 Å². The third-order valence-electron chi connectivity index (χ3n) is 7.64. The molecular formula is C32H38N8O5S. The molecule has 0 saturated heterocycles. The van der Waals surface area contributed by atoms with Gasteiger partial charge in [0.15, 0.2) is 5.69 Å². The zero-order valence-corrected chi connectivity index (χ0v) is 27.1. The van der Waals surface area contributed by atoms with E-state index in [0.717, 1.165) is 17.0 Å². The molecule has 1 aromatic carbocycles. The van der Waals surface area contributed by atoms with E-state index >= 15 is 0 Å². The number of benzene rings is 1. The molecule has 0 radical (unpaired) electrons. The van der Waals surface area contributed by atoms with Gasteiger partial charge in [0.25, 0.3) is 11.8 Å². The van der Waals surface area contributed by atoms with E-state index in [4.69, 9.17) is 4.42 Å². The van der Waals surface area contributed by atoms with Crippen LogP contribution in [0.3, 0.4) is 0 Å². The standard InChI is InChI=1S/C32H38N8O5S/c1-19(2)28-32-36-25(18-46-32)30(44)34-23(15-22-8-6-5-7-9-22)31-35-24(17-45-31)29(43)33-11-13-39(16-26(41)37-28)27(42)10-12-40-21(4)14-20(3)38-40/h5-9,14,17-19,23,28H,10-13,15-16H2,1-4H3,(H,33,43)(H,34,44)(H,37,41)/t23-,28-/m0/s1. The molecule has 46 heavy (non-hydrogen) atoms. The van der Waals surface area contributed by atoms with Crippen molar-refractivity contribution in [2.45, 2.75) is 59.2 Å². The van der Waals surface area contributed by atoms with Crippen molar-refractivity contribution in [1.82, 2.24) is 40.6 Å². The highest BCUT2D eigenvalue weighted by molar-refractivity contribution is 7.09. The number of fused-ring (bicyclic) bond motifs is 4. The minimum atomic E-state index is -0.684. The van der Waals surface area contributed by atoms with Gasteiger partial charge in [0.05, 0.1) is 18.3 Å². The first-order valence-corrected chi connectivity index (χ1v) is 16.1. The zero-order chi connectivity index (χ0) is 32.8. The van der Waals surface area contributed by atoms with Crippen molar-refractivity contribution in [3.05, 3.63) is 87.3 Å². The highest BCUT2D eigenvalue weighted by atomic mass is 32.1. The fraction of sp³-hybridized carbons (Fsp3) is 0.406. The maximum absolute atomic E-state index is 13.4. The van der Waals surface area contributed by atoms with E-state index in [1.165, 1.54) is 22.5 Å². The number of rotatable bonds is 6. The van der Waals surface area contributed by atoms with Crippen LogP contribution < -0.4 is 16.0 Å². The van der Waals surface area contributed by atoms with Crippen LogP contribution in [0.5, 0.6) is 0 Å². The summed E-state index contributed by atoms with van der Waals surface area (Å²) in [6, 6.07) is 10.3. The highest BCUT2D eigenvalue weighted by Gasteiger charge is 2.28. The molecule has 5 rings (SSSR count). The van der Waals surface area contributed by atoms with Crippen LogP contribution in [-0.4, -0.2) is 67.9 Å². The Morgan fingerprint density at radius 1 is 1.07 bits per heavy atom. The van der Waals surface area contributed by atoms with Gasteiger partial charge in [0.2, 0.25) is 17.7 Å². The van der Waals surface area contributed by atoms with Gasteiger partial charge >= 0.3 is 0 Å². The maximum Gasteiger partial charge on any atom is 0.273 e. The minimum Gasteiger partial charge on any atom is -0.446 e. The third kappa shape index (κ3) is 8.05. The third-order valence-corrected chi connectivity index (χ3v) is 8.57. The van der Waals surface area contributed by atoms with Crippen LogP contribution in [0, 0.1) is 19.8 Å². The number of carbonyl (C=O) groups is 4. The van der Waals surface area contributed by atoms with E-state index in [9.17, 15) is 19.2 Å². The Balaban J connectivity index is 1.41. The van der Waals surface area contributed by atoms with Gasteiger partial charge in [-0.1, -0.05) is 44.2 Å². The Hall–Kier alpha value is -4.85. The van der Waals surface area contributed by atoms with Crippen LogP contribution in [-0.2, 0) is 22.6 Å². The number of thiazole rings is 1. The number of amides is 4. The Morgan fingerprint density at radius 2 is 1.85 bits per heavy atom. The summed E-state index contributed by atoms with van der Waals surface area (Å²) >= 11 is 1.27. The molecule has 4 bridgehead atoms. The minimum absolute atomic E-state index is 0.0271. The van der Waals surface area contributed by atoms with Gasteiger partial charge in [0, 0.05) is 43.5 Å². The molecule has 14 heteroatoms. The number of aromatic nitrogens is 4. The quantitative estimate of drug-likeness (QED) is 0.288. The molecule has 4 aromatic rings. The number of hydrogen-bond donors (Lipinski definition) is 3. The summed E-state index contributed by atoms with van der Waals surface area (Å²) in [4.78, 5) is 63.6. The predicted octanol–water partition coefficient (Wildman–Crippen LogP) is 3.13. The lowest BCUT2D eigenvalue weighted by Gasteiger charge is -2.25. The van der Waals surface area contributed by atoms with Gasteiger partial charge in [-0.05, 0) is 31.4 Å². The van der Waals surface area contributed by atoms with Gasteiger partial charge in [-0.2, -0.15) is 5.10 Å². The van der Waals surface area contributed by atoms with E-state index in [1.54, 1.807) is 10.1 Å². The number of carbonyl (C=O) groups excluding carboxylic acids is 4. The first-order chi connectivity index (χ1) is 22.1. The smallest absolute Gasteiger partial charge is 0.273 e. The molecule has 1 aliphatic heterocycles. The summed E-state index contributed by atoms with van der Waals surface area (Å²) in [6.45, 7) is 8.01. The van der Waals surface area contributed by atoms with E-state index in [0.29, 0.717) is 18.0 Å². The molecule has 0 unspecified atom stereocenters. The van der Waals surface area contributed by atoms with Crippen LogP contribution >= 0.6 is 11.3 Å². The van der Waals surface area contributed by atoms with Crippen molar-refractivity contribution in [1.29, 1.82) is 0 Å². The molecule has 3 N–H and O–H groups in total. The number of aryl methyl sites for hydroxylation is 3. The van der Waals surface area contributed by atoms with Crippen LogP contribution in [0.2, 0.25) is 0 Å². The van der Waals surface area contributed by atoms with Gasteiger partial charge in [0.1, 0.15) is 23.0 Å². The molecule has 3 aromatic heterocycles. The topological polar surface area (TPSA) is 164 Å². The average Bonchev–Trinajstić information content (AvgIpc) is 3.78. The van der Waals surface area contributed by atoms with Gasteiger partial charge < -0.3 is 25.3 Å². The van der Waals surface area contributed by atoms with Crippen LogP contribution in [0.15, 0.2) is 52.5 Å². The first-order valence-electron chi connectivity index (χ1n) is 15.2. The van der Waals surface area contributed by atoms with Gasteiger partial charge in [-0.25, -0.2) is 9.97 Å². The Labute approximate surface area is 270 Å². The Morgan fingerprint density at radius 3 is 2.57 bits per heavy atom. The molecule has 0 saturated carbocycles. The lowest BCUT2D eigenvalue weighted by atomic mass is 10.0. The zero-order valence-electron chi connectivity index (χ0n) is 26.3. The van der Waals surface area contributed by atoms with Crippen molar-refractivity contribution in [2.75, 3.05) is 19.6 Å². The highest BCUT2D eigenvalue weighted by Crippen LogP contribution is 2.26.